The Morgan fingerprint density at radius 2 is 1.96 bits per heavy atom. The van der Waals surface area contributed by atoms with Crippen molar-refractivity contribution in [3.63, 3.8) is 0 Å². The summed E-state index contributed by atoms with van der Waals surface area (Å²) in [5, 5.41) is 1.94. The molecule has 3 aromatic rings. The molecule has 1 aliphatic heterocycles. The van der Waals surface area contributed by atoms with Gasteiger partial charge in [0, 0.05) is 30.9 Å². The predicted molar refractivity (Wildman–Crippen MR) is 107 cm³/mol. The number of amides is 1. The molecule has 1 aromatic carbocycles. The Kier molecular flexibility index (Phi) is 5.71. The van der Waals surface area contributed by atoms with E-state index >= 15 is 0 Å². The Hall–Kier alpha value is -2.67. The number of carbonyl (C=O) groups is 2. The third-order valence-electron chi connectivity index (χ3n) is 5.16. The fraction of sp³-hybridized carbons (Fsp3) is 0.381. The summed E-state index contributed by atoms with van der Waals surface area (Å²) in [6.45, 7) is 1.26. The van der Waals surface area contributed by atoms with Crippen molar-refractivity contribution < 1.29 is 14.3 Å². The van der Waals surface area contributed by atoms with Gasteiger partial charge in [-0.25, -0.2) is 4.98 Å². The highest BCUT2D eigenvalue weighted by atomic mass is 32.1. The summed E-state index contributed by atoms with van der Waals surface area (Å²) in [5.74, 6) is 0.0687. The lowest BCUT2D eigenvalue weighted by Crippen LogP contribution is -2.41. The summed E-state index contributed by atoms with van der Waals surface area (Å²) in [7, 11) is 0. The van der Waals surface area contributed by atoms with E-state index in [-0.39, 0.29) is 18.9 Å². The standard InChI is InChI=1S/C21H23N3O3S/c25-19(15-27-20(26)13-18-14-24-10-11-28-21(24)22-18)23-8-6-17(7-9-23)12-16-4-2-1-3-5-16/h1-5,10-11,14,17H,6-9,12-13,15H2. The molecule has 7 heteroatoms. The molecule has 1 fully saturated rings. The fourth-order valence-electron chi connectivity index (χ4n) is 3.63. The maximum atomic E-state index is 12.4. The average Bonchev–Trinajstić information content (AvgIpc) is 3.29. The van der Waals surface area contributed by atoms with E-state index in [2.05, 4.69) is 29.2 Å². The maximum absolute atomic E-state index is 12.4. The number of aromatic nitrogens is 2. The van der Waals surface area contributed by atoms with Crippen LogP contribution in [-0.4, -0.2) is 45.9 Å². The van der Waals surface area contributed by atoms with Gasteiger partial charge in [0.25, 0.3) is 5.91 Å². The SMILES string of the molecule is O=C(Cc1cn2ccsc2n1)OCC(=O)N1CCC(Cc2ccccc2)CC1. The Morgan fingerprint density at radius 3 is 2.71 bits per heavy atom. The van der Waals surface area contributed by atoms with Crippen LogP contribution in [0.3, 0.4) is 0 Å². The minimum Gasteiger partial charge on any atom is -0.455 e. The zero-order chi connectivity index (χ0) is 19.3. The number of thiazole rings is 1. The molecule has 0 aliphatic carbocycles. The molecule has 3 heterocycles. The second-order valence-electron chi connectivity index (χ2n) is 7.18. The van der Waals surface area contributed by atoms with Crippen LogP contribution < -0.4 is 0 Å². The van der Waals surface area contributed by atoms with Gasteiger partial charge in [0.2, 0.25) is 0 Å². The van der Waals surface area contributed by atoms with Crippen LogP contribution in [0.2, 0.25) is 0 Å². The number of ether oxygens (including phenoxy) is 1. The molecule has 28 heavy (non-hydrogen) atoms. The van der Waals surface area contributed by atoms with Gasteiger partial charge in [-0.3, -0.25) is 14.0 Å². The summed E-state index contributed by atoms with van der Waals surface area (Å²) in [5.41, 5.74) is 2.01. The Balaban J connectivity index is 1.19. The maximum Gasteiger partial charge on any atom is 0.312 e. The van der Waals surface area contributed by atoms with Crippen molar-refractivity contribution in [2.75, 3.05) is 19.7 Å². The smallest absolute Gasteiger partial charge is 0.312 e. The van der Waals surface area contributed by atoms with Crippen molar-refractivity contribution in [2.45, 2.75) is 25.7 Å². The number of rotatable bonds is 6. The van der Waals surface area contributed by atoms with E-state index in [1.165, 1.54) is 16.9 Å². The van der Waals surface area contributed by atoms with E-state index in [1.807, 2.05) is 28.2 Å². The van der Waals surface area contributed by atoms with Gasteiger partial charge in [-0.2, -0.15) is 0 Å². The molecule has 1 amide bonds. The number of likely N-dealkylation sites (tertiary alicyclic amines) is 1. The monoisotopic (exact) mass is 397 g/mol. The van der Waals surface area contributed by atoms with Crippen LogP contribution in [-0.2, 0) is 27.2 Å². The number of hydrogen-bond acceptors (Lipinski definition) is 5. The number of imidazole rings is 1. The van der Waals surface area contributed by atoms with Gasteiger partial charge in [-0.1, -0.05) is 30.3 Å². The molecular formula is C21H23N3O3S. The van der Waals surface area contributed by atoms with Crippen LogP contribution >= 0.6 is 11.3 Å². The molecule has 0 saturated carbocycles. The lowest BCUT2D eigenvalue weighted by molar-refractivity contribution is -0.152. The molecule has 146 valence electrons. The van der Waals surface area contributed by atoms with Crippen LogP contribution in [0.4, 0.5) is 0 Å². The van der Waals surface area contributed by atoms with Gasteiger partial charge in [0.1, 0.15) is 0 Å². The number of hydrogen-bond donors (Lipinski definition) is 0. The molecular weight excluding hydrogens is 374 g/mol. The van der Waals surface area contributed by atoms with Crippen molar-refractivity contribution in [1.82, 2.24) is 14.3 Å². The second kappa shape index (κ2) is 8.56. The first kappa shape index (κ1) is 18.7. The Morgan fingerprint density at radius 1 is 1.18 bits per heavy atom. The summed E-state index contributed by atoms with van der Waals surface area (Å²) >= 11 is 1.51. The number of benzene rings is 1. The third kappa shape index (κ3) is 4.59. The van der Waals surface area contributed by atoms with Gasteiger partial charge in [0.05, 0.1) is 12.1 Å². The third-order valence-corrected chi connectivity index (χ3v) is 5.93. The van der Waals surface area contributed by atoms with Gasteiger partial charge >= 0.3 is 5.97 Å². The lowest BCUT2D eigenvalue weighted by atomic mass is 9.90. The first-order valence-electron chi connectivity index (χ1n) is 9.56. The molecule has 0 radical (unpaired) electrons. The van der Waals surface area contributed by atoms with Crippen molar-refractivity contribution >= 4 is 28.2 Å². The van der Waals surface area contributed by atoms with Crippen LogP contribution in [0.15, 0.2) is 48.1 Å². The highest BCUT2D eigenvalue weighted by Crippen LogP contribution is 2.21. The summed E-state index contributed by atoms with van der Waals surface area (Å²) < 4.78 is 7.05. The van der Waals surface area contributed by atoms with E-state index in [9.17, 15) is 9.59 Å². The first-order valence-corrected chi connectivity index (χ1v) is 10.4. The molecule has 6 nitrogen and oxygen atoms in total. The summed E-state index contributed by atoms with van der Waals surface area (Å²) in [6.07, 6.45) is 6.82. The van der Waals surface area contributed by atoms with Gasteiger partial charge < -0.3 is 9.64 Å². The zero-order valence-corrected chi connectivity index (χ0v) is 16.4. The molecule has 2 aromatic heterocycles. The highest BCUT2D eigenvalue weighted by Gasteiger charge is 2.23. The summed E-state index contributed by atoms with van der Waals surface area (Å²) in [4.78, 5) is 31.4. The van der Waals surface area contributed by atoms with E-state index < -0.39 is 5.97 Å². The van der Waals surface area contributed by atoms with Crippen molar-refractivity contribution in [1.29, 1.82) is 0 Å². The molecule has 0 bridgehead atoms. The molecule has 4 rings (SSSR count). The lowest BCUT2D eigenvalue weighted by Gasteiger charge is -2.32. The topological polar surface area (TPSA) is 63.9 Å². The van der Waals surface area contributed by atoms with Crippen LogP contribution in [0.5, 0.6) is 0 Å². The number of carbonyl (C=O) groups excluding carboxylic acids is 2. The predicted octanol–water partition coefficient (Wildman–Crippen LogP) is 2.96. The normalized spacial score (nSPS) is 15.1. The summed E-state index contributed by atoms with van der Waals surface area (Å²) in [6, 6.07) is 10.5. The Labute approximate surface area is 167 Å². The van der Waals surface area contributed by atoms with Gasteiger partial charge in [0.15, 0.2) is 11.6 Å². The molecule has 1 saturated heterocycles. The molecule has 0 atom stereocenters. The van der Waals surface area contributed by atoms with E-state index in [1.54, 1.807) is 4.90 Å². The first-order chi connectivity index (χ1) is 13.7. The van der Waals surface area contributed by atoms with Crippen molar-refractivity contribution in [3.05, 3.63) is 59.4 Å². The highest BCUT2D eigenvalue weighted by molar-refractivity contribution is 7.15. The van der Waals surface area contributed by atoms with Crippen LogP contribution in [0, 0.1) is 5.92 Å². The van der Waals surface area contributed by atoms with E-state index in [0.29, 0.717) is 11.6 Å². The number of nitrogens with zero attached hydrogens (tertiary/aromatic N) is 3. The minimum absolute atomic E-state index is 0.0842. The largest absolute Gasteiger partial charge is 0.455 e. The van der Waals surface area contributed by atoms with Crippen molar-refractivity contribution in [3.8, 4) is 0 Å². The quantitative estimate of drug-likeness (QED) is 0.600. The number of fused-ring (bicyclic) bond motifs is 1. The van der Waals surface area contributed by atoms with E-state index in [4.69, 9.17) is 4.74 Å². The Bertz CT molecular complexity index is 914. The molecule has 1 aliphatic rings. The average molecular weight is 398 g/mol. The van der Waals surface area contributed by atoms with E-state index in [0.717, 1.165) is 37.3 Å². The van der Waals surface area contributed by atoms with Crippen LogP contribution in [0.1, 0.15) is 24.1 Å². The zero-order valence-electron chi connectivity index (χ0n) is 15.6. The molecule has 0 N–H and O–H groups in total. The molecule has 0 spiro atoms. The second-order valence-corrected chi connectivity index (χ2v) is 8.05. The minimum atomic E-state index is -0.418. The van der Waals surface area contributed by atoms with Gasteiger partial charge in [-0.15, -0.1) is 11.3 Å². The van der Waals surface area contributed by atoms with Crippen LogP contribution in [0.25, 0.3) is 4.96 Å². The van der Waals surface area contributed by atoms with Gasteiger partial charge in [-0.05, 0) is 30.7 Å². The fourth-order valence-corrected chi connectivity index (χ4v) is 4.35. The molecule has 0 unspecified atom stereocenters. The number of esters is 1. The van der Waals surface area contributed by atoms with Crippen molar-refractivity contribution in [2.24, 2.45) is 5.92 Å². The number of piperidine rings is 1.